The molecule has 1 aromatic heterocycles. The Bertz CT molecular complexity index is 1050. The number of amides is 1. The molecule has 2 aromatic carbocycles. The maximum absolute atomic E-state index is 13.2. The van der Waals surface area contributed by atoms with Crippen molar-refractivity contribution in [1.29, 1.82) is 0 Å². The van der Waals surface area contributed by atoms with Gasteiger partial charge in [0.05, 0.1) is 18.0 Å². The number of hydrogen-bond acceptors (Lipinski definition) is 3. The fraction of sp³-hybridized carbons (Fsp3) is 0.200. The molecule has 0 N–H and O–H groups in total. The van der Waals surface area contributed by atoms with E-state index in [1.807, 2.05) is 36.4 Å². The Hall–Kier alpha value is -3.40. The molecular weight excluding hydrogens is 360 g/mol. The quantitative estimate of drug-likeness (QED) is 0.582. The first-order valence-electron chi connectivity index (χ1n) is 10.1. The van der Waals surface area contributed by atoms with Crippen LogP contribution in [0, 0.1) is 5.92 Å². The SMILES string of the molecule is O=C(c1ccco1)N1N=C2/C(=C/c3ccccc3)CCC[C@@H]2[C@@H]1c1ccccc1. The van der Waals surface area contributed by atoms with Gasteiger partial charge in [-0.3, -0.25) is 4.79 Å². The molecule has 0 bridgehead atoms. The number of carbonyl (C=O) groups is 1. The number of carbonyl (C=O) groups excluding carboxylic acids is 1. The highest BCUT2D eigenvalue weighted by atomic mass is 16.3. The van der Waals surface area contributed by atoms with Crippen molar-refractivity contribution in [2.24, 2.45) is 11.0 Å². The van der Waals surface area contributed by atoms with Gasteiger partial charge in [-0.05, 0) is 54.2 Å². The first kappa shape index (κ1) is 17.7. The van der Waals surface area contributed by atoms with Crippen molar-refractivity contribution in [3.63, 3.8) is 0 Å². The Kier molecular flexibility index (Phi) is 4.60. The molecule has 2 atom stereocenters. The first-order valence-corrected chi connectivity index (χ1v) is 10.1. The molecule has 29 heavy (non-hydrogen) atoms. The molecule has 0 unspecified atom stereocenters. The molecular formula is C25H22N2O2. The number of allylic oxidation sites excluding steroid dienone is 1. The van der Waals surface area contributed by atoms with Crippen molar-refractivity contribution in [3.8, 4) is 0 Å². The van der Waals surface area contributed by atoms with Crippen LogP contribution >= 0.6 is 0 Å². The van der Waals surface area contributed by atoms with Crippen LogP contribution in [-0.2, 0) is 0 Å². The number of nitrogens with zero attached hydrogens (tertiary/aromatic N) is 2. The van der Waals surface area contributed by atoms with Gasteiger partial charge in [-0.1, -0.05) is 60.7 Å². The van der Waals surface area contributed by atoms with E-state index in [9.17, 15) is 4.79 Å². The summed E-state index contributed by atoms with van der Waals surface area (Å²) in [5.41, 5.74) is 4.53. The van der Waals surface area contributed by atoms with E-state index >= 15 is 0 Å². The molecule has 2 heterocycles. The molecule has 1 fully saturated rings. The number of hydrogen-bond donors (Lipinski definition) is 0. The van der Waals surface area contributed by atoms with Crippen molar-refractivity contribution < 1.29 is 9.21 Å². The highest BCUT2D eigenvalue weighted by Gasteiger charge is 2.44. The van der Waals surface area contributed by atoms with E-state index in [-0.39, 0.29) is 17.9 Å². The van der Waals surface area contributed by atoms with Crippen molar-refractivity contribution in [2.45, 2.75) is 25.3 Å². The van der Waals surface area contributed by atoms with Gasteiger partial charge >= 0.3 is 5.91 Å². The minimum absolute atomic E-state index is 0.108. The fourth-order valence-corrected chi connectivity index (χ4v) is 4.42. The van der Waals surface area contributed by atoms with Crippen LogP contribution in [0.25, 0.3) is 6.08 Å². The fourth-order valence-electron chi connectivity index (χ4n) is 4.42. The zero-order valence-corrected chi connectivity index (χ0v) is 16.1. The van der Waals surface area contributed by atoms with Crippen molar-refractivity contribution >= 4 is 17.7 Å². The number of hydrazone groups is 1. The minimum atomic E-state index is -0.190. The summed E-state index contributed by atoms with van der Waals surface area (Å²) < 4.78 is 5.39. The molecule has 1 amide bonds. The van der Waals surface area contributed by atoms with Crippen LogP contribution in [0.2, 0.25) is 0 Å². The minimum Gasteiger partial charge on any atom is -0.459 e. The molecule has 4 nitrogen and oxygen atoms in total. The topological polar surface area (TPSA) is 45.8 Å². The van der Waals surface area contributed by atoms with Crippen LogP contribution in [0.5, 0.6) is 0 Å². The summed E-state index contributed by atoms with van der Waals surface area (Å²) in [6, 6.07) is 23.9. The Morgan fingerprint density at radius 2 is 1.76 bits per heavy atom. The maximum atomic E-state index is 13.2. The third-order valence-electron chi connectivity index (χ3n) is 5.72. The number of benzene rings is 2. The summed E-state index contributed by atoms with van der Waals surface area (Å²) in [6.07, 6.45) is 6.84. The smallest absolute Gasteiger partial charge is 0.310 e. The summed E-state index contributed by atoms with van der Waals surface area (Å²) in [5, 5.41) is 6.51. The van der Waals surface area contributed by atoms with Crippen LogP contribution in [0.15, 0.2) is 94.2 Å². The molecule has 0 radical (unpaired) electrons. The molecule has 144 valence electrons. The predicted octanol–water partition coefficient (Wildman–Crippen LogP) is 5.72. The van der Waals surface area contributed by atoms with Gasteiger partial charge in [0.2, 0.25) is 0 Å². The Morgan fingerprint density at radius 1 is 1.00 bits per heavy atom. The molecule has 2 aliphatic rings. The van der Waals surface area contributed by atoms with E-state index in [1.54, 1.807) is 17.1 Å². The van der Waals surface area contributed by atoms with Gasteiger partial charge in [0.25, 0.3) is 0 Å². The lowest BCUT2D eigenvalue weighted by Gasteiger charge is -2.29. The van der Waals surface area contributed by atoms with E-state index in [0.29, 0.717) is 5.76 Å². The van der Waals surface area contributed by atoms with Gasteiger partial charge in [0, 0.05) is 5.92 Å². The highest BCUT2D eigenvalue weighted by molar-refractivity contribution is 6.08. The maximum Gasteiger partial charge on any atom is 0.310 e. The number of rotatable bonds is 3. The second-order valence-corrected chi connectivity index (χ2v) is 7.55. The zero-order chi connectivity index (χ0) is 19.6. The average Bonchev–Trinajstić information content (AvgIpc) is 3.43. The lowest BCUT2D eigenvalue weighted by atomic mass is 9.77. The summed E-state index contributed by atoms with van der Waals surface area (Å²) in [7, 11) is 0. The van der Waals surface area contributed by atoms with Crippen molar-refractivity contribution in [2.75, 3.05) is 0 Å². The lowest BCUT2D eigenvalue weighted by molar-refractivity contribution is 0.0648. The summed E-state index contributed by atoms with van der Waals surface area (Å²) >= 11 is 0. The first-order chi connectivity index (χ1) is 14.3. The van der Waals surface area contributed by atoms with Crippen LogP contribution in [0.3, 0.4) is 0 Å². The molecule has 1 aliphatic heterocycles. The summed E-state index contributed by atoms with van der Waals surface area (Å²) in [4.78, 5) is 13.2. The Labute approximate surface area is 170 Å². The largest absolute Gasteiger partial charge is 0.459 e. The van der Waals surface area contributed by atoms with Crippen molar-refractivity contribution in [3.05, 3.63) is 102 Å². The summed E-state index contributed by atoms with van der Waals surface area (Å²) in [6.45, 7) is 0. The zero-order valence-electron chi connectivity index (χ0n) is 16.1. The standard InChI is InChI=1S/C25H22N2O2/c28-25(22-15-8-16-29-22)27-24(19-11-5-2-6-12-19)21-14-7-13-20(23(21)26-27)17-18-9-3-1-4-10-18/h1-6,8-12,15-17,21,24H,7,13-14H2/b20-17+/t21-,24-/m0/s1. The lowest BCUT2D eigenvalue weighted by Crippen LogP contribution is -2.31. The van der Waals surface area contributed by atoms with E-state index < -0.39 is 0 Å². The molecule has 3 aromatic rings. The highest BCUT2D eigenvalue weighted by Crippen LogP contribution is 2.44. The third-order valence-corrected chi connectivity index (χ3v) is 5.72. The van der Waals surface area contributed by atoms with Crippen LogP contribution < -0.4 is 0 Å². The Morgan fingerprint density at radius 3 is 2.48 bits per heavy atom. The van der Waals surface area contributed by atoms with E-state index in [0.717, 1.165) is 36.1 Å². The normalized spacial score (nSPS) is 22.4. The Balaban J connectivity index is 1.58. The second kappa shape index (κ2) is 7.55. The molecule has 0 spiro atoms. The number of fused-ring (bicyclic) bond motifs is 1. The van der Waals surface area contributed by atoms with Crippen molar-refractivity contribution in [1.82, 2.24) is 5.01 Å². The van der Waals surface area contributed by atoms with Gasteiger partial charge in [-0.25, -0.2) is 5.01 Å². The summed E-state index contributed by atoms with van der Waals surface area (Å²) in [5.74, 6) is 0.326. The van der Waals surface area contributed by atoms with E-state index in [1.165, 1.54) is 11.8 Å². The monoisotopic (exact) mass is 382 g/mol. The predicted molar refractivity (Wildman–Crippen MR) is 113 cm³/mol. The van der Waals surface area contributed by atoms with Crippen LogP contribution in [-0.4, -0.2) is 16.6 Å². The van der Waals surface area contributed by atoms with Gasteiger partial charge in [0.1, 0.15) is 0 Å². The molecule has 5 rings (SSSR count). The molecule has 1 aliphatic carbocycles. The number of furan rings is 1. The van der Waals surface area contributed by atoms with Crippen LogP contribution in [0.4, 0.5) is 0 Å². The van der Waals surface area contributed by atoms with E-state index in [4.69, 9.17) is 9.52 Å². The molecule has 1 saturated carbocycles. The van der Waals surface area contributed by atoms with Gasteiger partial charge in [-0.2, -0.15) is 5.10 Å². The third kappa shape index (κ3) is 3.31. The van der Waals surface area contributed by atoms with Gasteiger partial charge < -0.3 is 4.42 Å². The van der Waals surface area contributed by atoms with Gasteiger partial charge in [0.15, 0.2) is 5.76 Å². The second-order valence-electron chi connectivity index (χ2n) is 7.55. The van der Waals surface area contributed by atoms with Gasteiger partial charge in [-0.15, -0.1) is 0 Å². The van der Waals surface area contributed by atoms with E-state index in [2.05, 4.69) is 30.3 Å². The van der Waals surface area contributed by atoms with Crippen LogP contribution in [0.1, 0.15) is 47.0 Å². The average molecular weight is 382 g/mol. The molecule has 4 heteroatoms. The molecule has 0 saturated heterocycles.